The smallest absolute Gasteiger partial charge is 0.159 e. The summed E-state index contributed by atoms with van der Waals surface area (Å²) in [7, 11) is 0. The molecule has 2 fully saturated rings. The molecule has 0 spiro atoms. The molecular weight excluding hydrogens is 498 g/mol. The van der Waals surface area contributed by atoms with Gasteiger partial charge in [-0.3, -0.25) is 10.00 Å². The van der Waals surface area contributed by atoms with Gasteiger partial charge < -0.3 is 14.6 Å². The highest BCUT2D eigenvalue weighted by molar-refractivity contribution is 5.92. The van der Waals surface area contributed by atoms with Gasteiger partial charge in [0.2, 0.25) is 0 Å². The summed E-state index contributed by atoms with van der Waals surface area (Å²) in [6, 6.07) is 9.93. The minimum absolute atomic E-state index is 0.441. The minimum atomic E-state index is -0.619. The molecule has 0 amide bonds. The Bertz CT molecular complexity index is 1440. The second-order valence-electron chi connectivity index (χ2n) is 11.5. The Hall–Kier alpha value is -3.30. The Morgan fingerprint density at radius 2 is 1.82 bits per heavy atom. The van der Waals surface area contributed by atoms with Gasteiger partial charge >= 0.3 is 0 Å². The number of aromatic nitrogens is 4. The Kier molecular flexibility index (Phi) is 6.35. The number of aromatic amines is 2. The molecule has 4 heterocycles. The highest BCUT2D eigenvalue weighted by Gasteiger charge is 2.31. The molecule has 0 radical (unpaired) electrons. The molecule has 1 saturated heterocycles. The van der Waals surface area contributed by atoms with Crippen molar-refractivity contribution in [2.75, 3.05) is 19.6 Å². The average Bonchev–Trinajstić information content (AvgIpc) is 3.56. The number of hydrogen-bond acceptors (Lipinski definition) is 5. The maximum atomic E-state index is 13.7. The summed E-state index contributed by atoms with van der Waals surface area (Å²) >= 11 is 0. The first-order valence-corrected chi connectivity index (χ1v) is 14.1. The van der Waals surface area contributed by atoms with E-state index in [1.165, 1.54) is 63.0 Å². The largest absolute Gasteiger partial charge is 0.486 e. The lowest BCUT2D eigenvalue weighted by atomic mass is 9.88. The van der Waals surface area contributed by atoms with E-state index in [0.29, 0.717) is 11.3 Å². The fourth-order valence-corrected chi connectivity index (χ4v) is 6.39. The number of benzene rings is 2. The van der Waals surface area contributed by atoms with Crippen molar-refractivity contribution >= 4 is 10.9 Å². The molecule has 3 aliphatic rings. The van der Waals surface area contributed by atoms with Crippen LogP contribution in [-0.2, 0) is 13.1 Å². The molecule has 2 aliphatic heterocycles. The fourth-order valence-electron chi connectivity index (χ4n) is 6.39. The minimum Gasteiger partial charge on any atom is -0.486 e. The number of imidazole rings is 1. The van der Waals surface area contributed by atoms with Crippen molar-refractivity contribution in [2.45, 2.75) is 64.3 Å². The van der Waals surface area contributed by atoms with Gasteiger partial charge in [0.1, 0.15) is 29.2 Å². The molecule has 7 nitrogen and oxygen atoms in total. The van der Waals surface area contributed by atoms with E-state index in [2.05, 4.69) is 25.0 Å². The highest BCUT2D eigenvalue weighted by atomic mass is 19.1. The Morgan fingerprint density at radius 3 is 2.54 bits per heavy atom. The van der Waals surface area contributed by atoms with Crippen LogP contribution in [0.1, 0.15) is 62.1 Å². The van der Waals surface area contributed by atoms with Crippen LogP contribution in [0, 0.1) is 17.6 Å². The summed E-state index contributed by atoms with van der Waals surface area (Å²) < 4.78 is 33.4. The summed E-state index contributed by atoms with van der Waals surface area (Å²) in [5, 5.41) is 8.50. The molecule has 0 bridgehead atoms. The molecule has 1 atom stereocenters. The van der Waals surface area contributed by atoms with E-state index in [1.54, 1.807) is 6.92 Å². The third-order valence-corrected chi connectivity index (χ3v) is 8.80. The number of nitrogens with one attached hydrogen (secondary N) is 2. The lowest BCUT2D eigenvalue weighted by molar-refractivity contribution is 0.0723. The summed E-state index contributed by atoms with van der Waals surface area (Å²) in [6.45, 7) is 7.18. The molecule has 39 heavy (non-hydrogen) atoms. The standard InChI is InChI=1S/C30H34F2N6O/c1-18(20-11-21(31)13-22(32)12-20)39-24-5-6-26-25(14-24)29(36-35-26)30-33-27-16-37(17-28(27)34-30)15-19-7-9-38(10-8-19)23-3-2-4-23/h5-6,11-14,18-19,23H,2-4,7-10,15-17H2,1H3,(H,33,34)(H,35,36). The van der Waals surface area contributed by atoms with Crippen molar-refractivity contribution in [1.82, 2.24) is 30.0 Å². The van der Waals surface area contributed by atoms with Crippen molar-refractivity contribution in [3.8, 4) is 17.3 Å². The van der Waals surface area contributed by atoms with E-state index in [-0.39, 0.29) is 0 Å². The molecule has 1 unspecified atom stereocenters. The maximum absolute atomic E-state index is 13.7. The number of hydrogen-bond donors (Lipinski definition) is 2. The number of piperidine rings is 1. The number of likely N-dealkylation sites (tertiary alicyclic amines) is 1. The van der Waals surface area contributed by atoms with Crippen LogP contribution in [0.2, 0.25) is 0 Å². The molecule has 1 saturated carbocycles. The number of ether oxygens (including phenoxy) is 1. The number of halogens is 2. The number of rotatable bonds is 7. The summed E-state index contributed by atoms with van der Waals surface area (Å²) in [5.41, 5.74) is 4.32. The predicted octanol–water partition coefficient (Wildman–Crippen LogP) is 5.95. The molecule has 204 valence electrons. The summed E-state index contributed by atoms with van der Waals surface area (Å²) in [4.78, 5) is 13.7. The van der Waals surface area contributed by atoms with Crippen molar-refractivity contribution < 1.29 is 13.5 Å². The normalized spacial score (nSPS) is 19.9. The molecule has 1 aliphatic carbocycles. The lowest BCUT2D eigenvalue weighted by Gasteiger charge is -2.42. The third kappa shape index (κ3) is 4.94. The highest BCUT2D eigenvalue weighted by Crippen LogP contribution is 2.34. The predicted molar refractivity (Wildman–Crippen MR) is 145 cm³/mol. The van der Waals surface area contributed by atoms with Crippen molar-refractivity contribution in [3.05, 3.63) is 65.0 Å². The van der Waals surface area contributed by atoms with Gasteiger partial charge in [-0.2, -0.15) is 5.10 Å². The third-order valence-electron chi connectivity index (χ3n) is 8.80. The van der Waals surface area contributed by atoms with E-state index < -0.39 is 17.7 Å². The first-order chi connectivity index (χ1) is 19.0. The van der Waals surface area contributed by atoms with Crippen LogP contribution in [0.25, 0.3) is 22.4 Å². The van der Waals surface area contributed by atoms with Crippen LogP contribution in [-0.4, -0.2) is 55.6 Å². The Morgan fingerprint density at radius 1 is 1.03 bits per heavy atom. The van der Waals surface area contributed by atoms with Gasteiger partial charge in [-0.15, -0.1) is 0 Å². The molecule has 2 aromatic heterocycles. The average molecular weight is 533 g/mol. The molecule has 7 rings (SSSR count). The second kappa shape index (κ2) is 10.0. The molecule has 9 heteroatoms. The van der Waals surface area contributed by atoms with Crippen LogP contribution in [0.5, 0.6) is 5.75 Å². The van der Waals surface area contributed by atoms with Gasteiger partial charge in [0.25, 0.3) is 0 Å². The Balaban J connectivity index is 1.02. The number of nitrogens with zero attached hydrogens (tertiary/aromatic N) is 4. The van der Waals surface area contributed by atoms with Gasteiger partial charge in [0.15, 0.2) is 5.82 Å². The van der Waals surface area contributed by atoms with Crippen LogP contribution in [0.15, 0.2) is 36.4 Å². The van der Waals surface area contributed by atoms with Crippen molar-refractivity contribution in [3.63, 3.8) is 0 Å². The van der Waals surface area contributed by atoms with E-state index in [4.69, 9.17) is 9.72 Å². The van der Waals surface area contributed by atoms with E-state index in [9.17, 15) is 8.78 Å². The monoisotopic (exact) mass is 532 g/mol. The van der Waals surface area contributed by atoms with Crippen LogP contribution in [0.3, 0.4) is 0 Å². The SMILES string of the molecule is CC(Oc1ccc2[nH]nc(-c3nc4c([nH]3)CN(CC3CCN(C5CCC5)CC3)C4)c2c1)c1cc(F)cc(F)c1. The zero-order chi connectivity index (χ0) is 26.5. The number of H-pyrrole nitrogens is 2. The van der Waals surface area contributed by atoms with Crippen LogP contribution < -0.4 is 4.74 Å². The summed E-state index contributed by atoms with van der Waals surface area (Å²) in [5.74, 6) is 0.872. The van der Waals surface area contributed by atoms with Gasteiger partial charge in [-0.1, -0.05) is 6.42 Å². The first-order valence-electron chi connectivity index (χ1n) is 14.1. The van der Waals surface area contributed by atoms with Crippen LogP contribution in [0.4, 0.5) is 8.78 Å². The van der Waals surface area contributed by atoms with Gasteiger partial charge in [0.05, 0.1) is 16.9 Å². The molecule has 2 aromatic carbocycles. The van der Waals surface area contributed by atoms with Crippen molar-refractivity contribution in [1.29, 1.82) is 0 Å². The van der Waals surface area contributed by atoms with Gasteiger partial charge in [0, 0.05) is 37.1 Å². The second-order valence-corrected chi connectivity index (χ2v) is 11.5. The van der Waals surface area contributed by atoms with E-state index in [1.807, 2.05) is 18.2 Å². The lowest BCUT2D eigenvalue weighted by Crippen LogP contribution is -2.46. The fraction of sp³-hybridized carbons (Fsp3) is 0.467. The van der Waals surface area contributed by atoms with Crippen molar-refractivity contribution in [2.24, 2.45) is 5.92 Å². The van der Waals surface area contributed by atoms with Gasteiger partial charge in [-0.05, 0) is 87.5 Å². The zero-order valence-electron chi connectivity index (χ0n) is 22.2. The molecule has 4 aromatic rings. The van der Waals surface area contributed by atoms with Crippen LogP contribution >= 0.6 is 0 Å². The maximum Gasteiger partial charge on any atom is 0.159 e. The topological polar surface area (TPSA) is 73.1 Å². The number of fused-ring (bicyclic) bond motifs is 2. The quantitative estimate of drug-likeness (QED) is 0.308. The zero-order valence-corrected chi connectivity index (χ0v) is 22.2. The summed E-state index contributed by atoms with van der Waals surface area (Å²) in [6.07, 6.45) is 6.29. The van der Waals surface area contributed by atoms with Gasteiger partial charge in [-0.25, -0.2) is 13.8 Å². The Labute approximate surface area is 226 Å². The van der Waals surface area contributed by atoms with E-state index >= 15 is 0 Å². The van der Waals surface area contributed by atoms with E-state index in [0.717, 1.165) is 65.8 Å². The molecular formula is C30H34F2N6O. The molecule has 2 N–H and O–H groups in total. The first kappa shape index (κ1) is 24.7.